The summed E-state index contributed by atoms with van der Waals surface area (Å²) in [5.74, 6) is 0.296. The van der Waals surface area contributed by atoms with Crippen LogP contribution in [0.3, 0.4) is 0 Å². The van der Waals surface area contributed by atoms with Crippen LogP contribution in [0.4, 0.5) is 0 Å². The minimum atomic E-state index is -0.345. The van der Waals surface area contributed by atoms with Gasteiger partial charge < -0.3 is 5.32 Å². The molecule has 156 valence electrons. The predicted molar refractivity (Wildman–Crippen MR) is 120 cm³/mol. The Kier molecular flexibility index (Phi) is 4.98. The van der Waals surface area contributed by atoms with Gasteiger partial charge in [0.05, 0.1) is 28.9 Å². The summed E-state index contributed by atoms with van der Waals surface area (Å²) in [6.45, 7) is 4.15. The van der Waals surface area contributed by atoms with E-state index >= 15 is 0 Å². The van der Waals surface area contributed by atoms with Gasteiger partial charge in [-0.1, -0.05) is 36.4 Å². The van der Waals surface area contributed by atoms with Crippen molar-refractivity contribution in [2.45, 2.75) is 44.7 Å². The van der Waals surface area contributed by atoms with Crippen molar-refractivity contribution in [2.24, 2.45) is 0 Å². The molecule has 4 aromatic rings. The third-order valence-corrected chi connectivity index (χ3v) is 5.71. The lowest BCUT2D eigenvalue weighted by atomic mass is 10.0. The Balaban J connectivity index is 1.57. The highest BCUT2D eigenvalue weighted by molar-refractivity contribution is 6.05. The van der Waals surface area contributed by atoms with E-state index in [9.17, 15) is 4.79 Å². The summed E-state index contributed by atoms with van der Waals surface area (Å²) in [6, 6.07) is 17.4. The molecule has 1 aliphatic rings. The molecule has 6 nitrogen and oxygen atoms in total. The van der Waals surface area contributed by atoms with Crippen molar-refractivity contribution in [3.8, 4) is 0 Å². The quantitative estimate of drug-likeness (QED) is 0.494. The summed E-state index contributed by atoms with van der Waals surface area (Å²) < 4.78 is 1.89. The second kappa shape index (κ2) is 7.95. The zero-order chi connectivity index (χ0) is 21.4. The van der Waals surface area contributed by atoms with E-state index in [4.69, 9.17) is 4.98 Å². The molecule has 1 aromatic carbocycles. The molecule has 1 atom stereocenters. The van der Waals surface area contributed by atoms with Gasteiger partial charge in [-0.25, -0.2) is 9.67 Å². The van der Waals surface area contributed by atoms with E-state index in [-0.39, 0.29) is 18.0 Å². The fraction of sp³-hybridized carbons (Fsp3) is 0.280. The normalized spacial score (nSPS) is 14.7. The first-order valence-corrected chi connectivity index (χ1v) is 10.8. The summed E-state index contributed by atoms with van der Waals surface area (Å²) in [5.41, 5.74) is 4.16. The summed E-state index contributed by atoms with van der Waals surface area (Å²) in [6.07, 6.45) is 5.75. The number of benzene rings is 1. The largest absolute Gasteiger partial charge is 0.340 e. The molecule has 1 unspecified atom stereocenters. The first-order valence-electron chi connectivity index (χ1n) is 10.8. The van der Waals surface area contributed by atoms with E-state index in [0.29, 0.717) is 11.5 Å². The molecule has 1 N–H and O–H groups in total. The van der Waals surface area contributed by atoms with Gasteiger partial charge >= 0.3 is 0 Å². The number of aromatic nitrogens is 4. The highest BCUT2D eigenvalue weighted by atomic mass is 16.1. The third kappa shape index (κ3) is 3.81. The number of hydrogen-bond acceptors (Lipinski definition) is 4. The zero-order valence-electron chi connectivity index (χ0n) is 17.7. The highest BCUT2D eigenvalue weighted by Gasteiger charge is 2.29. The molecule has 3 aromatic heterocycles. The molecule has 0 aliphatic heterocycles. The third-order valence-electron chi connectivity index (χ3n) is 5.71. The molecule has 31 heavy (non-hydrogen) atoms. The van der Waals surface area contributed by atoms with Crippen LogP contribution in [-0.4, -0.2) is 25.7 Å². The van der Waals surface area contributed by atoms with Crippen LogP contribution in [0.1, 0.15) is 72.0 Å². The smallest absolute Gasteiger partial charge is 0.252 e. The van der Waals surface area contributed by atoms with Crippen LogP contribution < -0.4 is 5.32 Å². The van der Waals surface area contributed by atoms with Crippen molar-refractivity contribution < 1.29 is 4.79 Å². The minimum absolute atomic E-state index is 0.142. The molecule has 1 aliphatic carbocycles. The lowest BCUT2D eigenvalue weighted by Gasteiger charge is -2.19. The van der Waals surface area contributed by atoms with Gasteiger partial charge in [-0.2, -0.15) is 5.10 Å². The Morgan fingerprint density at radius 3 is 2.55 bits per heavy atom. The van der Waals surface area contributed by atoms with E-state index in [2.05, 4.69) is 29.2 Å². The van der Waals surface area contributed by atoms with Crippen LogP contribution in [0, 0.1) is 0 Å². The molecule has 5 rings (SSSR count). The number of nitrogens with one attached hydrogen (secondary N) is 1. The highest BCUT2D eigenvalue weighted by Crippen LogP contribution is 2.40. The van der Waals surface area contributed by atoms with Gasteiger partial charge in [0.25, 0.3) is 5.91 Å². The summed E-state index contributed by atoms with van der Waals surface area (Å²) in [4.78, 5) is 23.0. The van der Waals surface area contributed by atoms with Crippen molar-refractivity contribution >= 4 is 16.9 Å². The van der Waals surface area contributed by atoms with Crippen LogP contribution in [0.15, 0.2) is 67.0 Å². The second-order valence-corrected chi connectivity index (χ2v) is 8.36. The Morgan fingerprint density at radius 1 is 1.10 bits per heavy atom. The van der Waals surface area contributed by atoms with Gasteiger partial charge in [0.2, 0.25) is 0 Å². The van der Waals surface area contributed by atoms with E-state index in [1.807, 2.05) is 59.3 Å². The Hall–Kier alpha value is -3.54. The molecule has 0 saturated heterocycles. The molecular weight excluding hydrogens is 386 g/mol. The number of carbonyl (C=O) groups is 1. The first kappa shape index (κ1) is 19.4. The Labute approximate surface area is 181 Å². The molecule has 1 amide bonds. The fourth-order valence-corrected chi connectivity index (χ4v) is 3.92. The average molecular weight is 412 g/mol. The van der Waals surface area contributed by atoms with Crippen molar-refractivity contribution in [1.82, 2.24) is 25.1 Å². The van der Waals surface area contributed by atoms with Gasteiger partial charge in [-0.3, -0.25) is 9.78 Å². The van der Waals surface area contributed by atoms with E-state index < -0.39 is 0 Å². The number of amides is 1. The van der Waals surface area contributed by atoms with E-state index in [0.717, 1.165) is 40.8 Å². The molecule has 0 spiro atoms. The number of carbonyl (C=O) groups excluding carboxylic acids is 1. The topological polar surface area (TPSA) is 72.7 Å². The molecule has 0 radical (unpaired) electrons. The van der Waals surface area contributed by atoms with Gasteiger partial charge in [0.15, 0.2) is 5.65 Å². The molecule has 0 bridgehead atoms. The summed E-state index contributed by atoms with van der Waals surface area (Å²) in [5, 5.41) is 8.51. The SMILES string of the molecule is CC(C)n1ncc2c(C(=O)NC(c3ccccc3)c3ccccn3)cc(C3CC3)nc21. The number of rotatable bonds is 6. The maximum Gasteiger partial charge on any atom is 0.252 e. The van der Waals surface area contributed by atoms with Crippen molar-refractivity contribution in [1.29, 1.82) is 0 Å². The van der Waals surface area contributed by atoms with Gasteiger partial charge in [0, 0.05) is 23.9 Å². The second-order valence-electron chi connectivity index (χ2n) is 8.36. The van der Waals surface area contributed by atoms with Crippen molar-refractivity contribution in [3.63, 3.8) is 0 Å². The van der Waals surface area contributed by atoms with Crippen molar-refractivity contribution in [2.75, 3.05) is 0 Å². The summed E-state index contributed by atoms with van der Waals surface area (Å²) >= 11 is 0. The Morgan fingerprint density at radius 2 is 1.87 bits per heavy atom. The fourth-order valence-electron chi connectivity index (χ4n) is 3.92. The standard InChI is InChI=1S/C25H25N5O/c1-16(2)30-24-20(15-27-30)19(14-22(28-24)17-11-12-17)25(31)29-23(18-8-4-3-5-9-18)21-10-6-7-13-26-21/h3-10,13-17,23H,11-12H2,1-2H3,(H,29,31). The van der Waals surface area contributed by atoms with Crippen LogP contribution in [0.5, 0.6) is 0 Å². The predicted octanol–water partition coefficient (Wildman–Crippen LogP) is 4.80. The van der Waals surface area contributed by atoms with Crippen molar-refractivity contribution in [3.05, 3.63) is 89.5 Å². The maximum absolute atomic E-state index is 13.6. The lowest BCUT2D eigenvalue weighted by molar-refractivity contribution is 0.0943. The first-order chi connectivity index (χ1) is 15.1. The molecule has 1 fully saturated rings. The van der Waals surface area contributed by atoms with Gasteiger partial charge in [-0.05, 0) is 50.5 Å². The van der Waals surface area contributed by atoms with Crippen LogP contribution in [-0.2, 0) is 0 Å². The zero-order valence-corrected chi connectivity index (χ0v) is 17.7. The maximum atomic E-state index is 13.6. The Bertz CT molecular complexity index is 1170. The monoisotopic (exact) mass is 411 g/mol. The van der Waals surface area contributed by atoms with Crippen LogP contribution in [0.25, 0.3) is 11.0 Å². The average Bonchev–Trinajstić information content (AvgIpc) is 3.56. The minimum Gasteiger partial charge on any atom is -0.340 e. The number of nitrogens with zero attached hydrogens (tertiary/aromatic N) is 4. The van der Waals surface area contributed by atoms with Crippen LogP contribution in [0.2, 0.25) is 0 Å². The number of hydrogen-bond donors (Lipinski definition) is 1. The van der Waals surface area contributed by atoms with Gasteiger partial charge in [-0.15, -0.1) is 0 Å². The van der Waals surface area contributed by atoms with Gasteiger partial charge in [0.1, 0.15) is 0 Å². The van der Waals surface area contributed by atoms with Crippen LogP contribution >= 0.6 is 0 Å². The molecule has 1 saturated carbocycles. The van der Waals surface area contributed by atoms with E-state index in [1.54, 1.807) is 12.4 Å². The molecular formula is C25H25N5O. The number of pyridine rings is 2. The molecule has 3 heterocycles. The van der Waals surface area contributed by atoms with E-state index in [1.165, 1.54) is 0 Å². The number of fused-ring (bicyclic) bond motifs is 1. The summed E-state index contributed by atoms with van der Waals surface area (Å²) in [7, 11) is 0. The lowest BCUT2D eigenvalue weighted by Crippen LogP contribution is -2.30. The molecule has 6 heteroatoms.